The lowest BCUT2D eigenvalue weighted by Crippen LogP contribution is -2.91. The number of quaternary nitrogens is 1. The number of rotatable bonds is 5. The molecule has 0 unspecified atom stereocenters. The van der Waals surface area contributed by atoms with Crippen LogP contribution in [0.2, 0.25) is 5.02 Å². The van der Waals surface area contributed by atoms with E-state index >= 15 is 0 Å². The second kappa shape index (κ2) is 7.68. The molecule has 128 valence electrons. The van der Waals surface area contributed by atoms with Crippen molar-refractivity contribution >= 4 is 23.2 Å². The molecule has 7 heteroatoms. The third kappa shape index (κ3) is 4.27. The van der Waals surface area contributed by atoms with E-state index in [4.69, 9.17) is 11.6 Å². The Morgan fingerprint density at radius 1 is 1.04 bits per heavy atom. The van der Waals surface area contributed by atoms with Gasteiger partial charge < -0.3 is 10.6 Å². The van der Waals surface area contributed by atoms with Gasteiger partial charge in [0, 0.05) is 10.6 Å². The highest BCUT2D eigenvalue weighted by molar-refractivity contribution is 6.30. The van der Waals surface area contributed by atoms with Crippen molar-refractivity contribution in [1.29, 1.82) is 0 Å². The molecule has 0 aromatic heterocycles. The van der Waals surface area contributed by atoms with Crippen LogP contribution in [-0.4, -0.2) is 11.9 Å². The highest BCUT2D eigenvalue weighted by Crippen LogP contribution is 2.19. The first-order chi connectivity index (χ1) is 11.3. The van der Waals surface area contributed by atoms with Crippen molar-refractivity contribution in [2.24, 2.45) is 0 Å². The number of amides is 1. The van der Waals surface area contributed by atoms with E-state index in [2.05, 4.69) is 5.32 Å². The van der Waals surface area contributed by atoms with Crippen molar-refractivity contribution in [3.8, 4) is 0 Å². The van der Waals surface area contributed by atoms with Crippen LogP contribution in [0.25, 0.3) is 0 Å². The fourth-order valence-electron chi connectivity index (χ4n) is 2.27. The summed E-state index contributed by atoms with van der Waals surface area (Å²) in [6, 6.07) is 8.35. The van der Waals surface area contributed by atoms with E-state index < -0.39 is 35.1 Å². The average molecular weight is 358 g/mol. The zero-order valence-corrected chi connectivity index (χ0v) is 13.9. The third-order valence-electron chi connectivity index (χ3n) is 3.68. The molecule has 2 atom stereocenters. The van der Waals surface area contributed by atoms with Gasteiger partial charge in [-0.3, -0.25) is 4.79 Å². The highest BCUT2D eigenvalue weighted by atomic mass is 35.5. The van der Waals surface area contributed by atoms with Crippen LogP contribution in [0.3, 0.4) is 0 Å². The maximum atomic E-state index is 13.6. The van der Waals surface area contributed by atoms with Crippen molar-refractivity contribution in [3.63, 3.8) is 0 Å². The van der Waals surface area contributed by atoms with E-state index in [-0.39, 0.29) is 6.04 Å². The van der Waals surface area contributed by atoms with Gasteiger partial charge in [-0.1, -0.05) is 23.7 Å². The minimum absolute atomic E-state index is 0.0437. The minimum Gasteiger partial charge on any atom is -0.330 e. The number of nitrogens with two attached hydrogens (primary N) is 1. The van der Waals surface area contributed by atoms with Crippen LogP contribution in [0.1, 0.15) is 25.5 Å². The zero-order chi connectivity index (χ0) is 17.9. The van der Waals surface area contributed by atoms with Gasteiger partial charge >= 0.3 is 0 Å². The van der Waals surface area contributed by atoms with Gasteiger partial charge in [0.05, 0.1) is 5.69 Å². The summed E-state index contributed by atoms with van der Waals surface area (Å²) in [4.78, 5) is 12.1. The number of nitrogens with one attached hydrogen (secondary N) is 1. The number of hydrogen-bond acceptors (Lipinski definition) is 1. The molecule has 0 bridgehead atoms. The molecule has 0 heterocycles. The molecule has 0 fully saturated rings. The van der Waals surface area contributed by atoms with Crippen LogP contribution >= 0.6 is 11.6 Å². The minimum atomic E-state index is -1.61. The predicted octanol–water partition coefficient (Wildman–Crippen LogP) is 3.41. The number of anilines is 1. The maximum absolute atomic E-state index is 13.6. The Morgan fingerprint density at radius 2 is 1.67 bits per heavy atom. The molecule has 0 saturated heterocycles. The topological polar surface area (TPSA) is 45.7 Å². The summed E-state index contributed by atoms with van der Waals surface area (Å²) < 4.78 is 39.7. The lowest BCUT2D eigenvalue weighted by atomic mass is 10.1. The Bertz CT molecular complexity index is 737. The molecule has 0 saturated carbocycles. The van der Waals surface area contributed by atoms with Gasteiger partial charge in [0.15, 0.2) is 23.5 Å². The van der Waals surface area contributed by atoms with Crippen molar-refractivity contribution in [2.75, 3.05) is 5.32 Å². The van der Waals surface area contributed by atoms with E-state index in [0.717, 1.165) is 17.7 Å². The largest absolute Gasteiger partial charge is 0.330 e. The van der Waals surface area contributed by atoms with E-state index in [1.807, 2.05) is 19.1 Å². The molecule has 0 aliphatic carbocycles. The van der Waals surface area contributed by atoms with Gasteiger partial charge in [-0.15, -0.1) is 0 Å². The van der Waals surface area contributed by atoms with Crippen LogP contribution < -0.4 is 10.6 Å². The SMILES string of the molecule is C[C@@H]([NH2+][C@H](C)c1ccc(Cl)cc1)C(=O)Nc1ccc(F)c(F)c1F. The predicted molar refractivity (Wildman–Crippen MR) is 86.2 cm³/mol. The van der Waals surface area contributed by atoms with E-state index in [1.165, 1.54) is 0 Å². The van der Waals surface area contributed by atoms with Gasteiger partial charge in [0.1, 0.15) is 6.04 Å². The molecular formula is C17H17ClF3N2O+. The molecule has 0 aliphatic heterocycles. The van der Waals surface area contributed by atoms with Gasteiger partial charge in [0.25, 0.3) is 5.91 Å². The molecule has 3 N–H and O–H groups in total. The number of hydrogen-bond donors (Lipinski definition) is 2. The number of carbonyl (C=O) groups excluding carboxylic acids is 1. The summed E-state index contributed by atoms with van der Waals surface area (Å²) in [5.74, 6) is -4.84. The molecule has 2 aromatic rings. The second-order valence-electron chi connectivity index (χ2n) is 5.53. The van der Waals surface area contributed by atoms with Gasteiger partial charge in [-0.2, -0.15) is 0 Å². The molecule has 3 nitrogen and oxygen atoms in total. The van der Waals surface area contributed by atoms with Crippen molar-refractivity contribution in [2.45, 2.75) is 25.9 Å². The molecule has 24 heavy (non-hydrogen) atoms. The summed E-state index contributed by atoms with van der Waals surface area (Å²) >= 11 is 5.83. The maximum Gasteiger partial charge on any atom is 0.282 e. The monoisotopic (exact) mass is 357 g/mol. The van der Waals surface area contributed by atoms with Crippen molar-refractivity contribution < 1.29 is 23.3 Å². The van der Waals surface area contributed by atoms with Crippen LogP contribution in [0.5, 0.6) is 0 Å². The molecule has 0 radical (unpaired) electrons. The Labute approximate surface area is 142 Å². The van der Waals surface area contributed by atoms with Crippen molar-refractivity contribution in [3.05, 3.63) is 64.4 Å². The number of benzene rings is 2. The first kappa shape index (κ1) is 18.3. The average Bonchev–Trinajstić information content (AvgIpc) is 2.55. The standard InChI is InChI=1S/C17H16ClF3N2O/c1-9(11-3-5-12(18)6-4-11)22-10(2)17(24)23-14-8-7-13(19)15(20)16(14)21/h3-10,22H,1-2H3,(H,23,24)/p+1/t9-,10-/m1/s1. The van der Waals surface area contributed by atoms with E-state index in [1.54, 1.807) is 24.4 Å². The first-order valence-electron chi connectivity index (χ1n) is 7.34. The van der Waals surface area contributed by atoms with Gasteiger partial charge in [-0.05, 0) is 38.1 Å². The first-order valence-corrected chi connectivity index (χ1v) is 7.72. The summed E-state index contributed by atoms with van der Waals surface area (Å²) in [7, 11) is 0. The number of halogens is 4. The van der Waals surface area contributed by atoms with Gasteiger partial charge in [0.2, 0.25) is 0 Å². The fraction of sp³-hybridized carbons (Fsp3) is 0.235. The van der Waals surface area contributed by atoms with Crippen LogP contribution in [0.15, 0.2) is 36.4 Å². The Balaban J connectivity index is 2.02. The quantitative estimate of drug-likeness (QED) is 0.791. The Kier molecular flexibility index (Phi) is 5.85. The molecule has 2 aromatic carbocycles. The Hall–Kier alpha value is -2.05. The third-order valence-corrected chi connectivity index (χ3v) is 3.93. The lowest BCUT2D eigenvalue weighted by Gasteiger charge is -2.17. The fourth-order valence-corrected chi connectivity index (χ4v) is 2.39. The Morgan fingerprint density at radius 3 is 2.29 bits per heavy atom. The van der Waals surface area contributed by atoms with E-state index in [9.17, 15) is 18.0 Å². The lowest BCUT2D eigenvalue weighted by molar-refractivity contribution is -0.709. The second-order valence-corrected chi connectivity index (χ2v) is 5.97. The molecule has 1 amide bonds. The van der Waals surface area contributed by atoms with Gasteiger partial charge in [-0.25, -0.2) is 13.2 Å². The summed E-state index contributed by atoms with van der Waals surface area (Å²) in [6.07, 6.45) is 0. The van der Waals surface area contributed by atoms with E-state index in [0.29, 0.717) is 5.02 Å². The van der Waals surface area contributed by atoms with Crippen molar-refractivity contribution in [1.82, 2.24) is 0 Å². The van der Waals surface area contributed by atoms with Crippen LogP contribution in [0.4, 0.5) is 18.9 Å². The molecule has 0 aliphatic rings. The molecular weight excluding hydrogens is 341 g/mol. The summed E-state index contributed by atoms with van der Waals surface area (Å²) in [5, 5.41) is 4.66. The van der Waals surface area contributed by atoms with Crippen LogP contribution in [-0.2, 0) is 4.79 Å². The number of carbonyl (C=O) groups is 1. The summed E-state index contributed by atoms with van der Waals surface area (Å²) in [6.45, 7) is 3.55. The molecule has 2 rings (SSSR count). The highest BCUT2D eigenvalue weighted by Gasteiger charge is 2.22. The smallest absolute Gasteiger partial charge is 0.282 e. The molecule has 0 spiro atoms. The zero-order valence-electron chi connectivity index (χ0n) is 13.1. The van der Waals surface area contributed by atoms with Crippen LogP contribution in [0, 0.1) is 17.5 Å². The summed E-state index contributed by atoms with van der Waals surface area (Å²) in [5.41, 5.74) is 0.580. The normalized spacial score (nSPS) is 13.4.